The van der Waals surface area contributed by atoms with E-state index < -0.39 is 0 Å². The van der Waals surface area contributed by atoms with Crippen LogP contribution in [0.3, 0.4) is 0 Å². The molecule has 0 atom stereocenters. The Morgan fingerprint density at radius 1 is 1.38 bits per heavy atom. The summed E-state index contributed by atoms with van der Waals surface area (Å²) in [5.74, 6) is 0. The highest BCUT2D eigenvalue weighted by atomic mass is 32.1. The molecule has 0 radical (unpaired) electrons. The van der Waals surface area contributed by atoms with Gasteiger partial charge in [0, 0.05) is 24.9 Å². The topological polar surface area (TPSA) is 35.5 Å². The van der Waals surface area contributed by atoms with Gasteiger partial charge in [-0.05, 0) is 6.07 Å². The third-order valence-electron chi connectivity index (χ3n) is 1.74. The summed E-state index contributed by atoms with van der Waals surface area (Å²) < 4.78 is 15.4. The van der Waals surface area contributed by atoms with E-state index in [9.17, 15) is 0 Å². The van der Waals surface area contributed by atoms with Gasteiger partial charge in [-0.25, -0.2) is 0 Å². The lowest BCUT2D eigenvalue weighted by Crippen LogP contribution is -1.86. The van der Waals surface area contributed by atoms with Crippen molar-refractivity contribution in [2.75, 3.05) is 7.11 Å². The van der Waals surface area contributed by atoms with Gasteiger partial charge in [0.2, 0.25) is 0 Å². The Balaban J connectivity index is 2.67. The molecule has 2 aromatic rings. The third-order valence-corrected chi connectivity index (χ3v) is 1.91. The Morgan fingerprint density at radius 2 is 2.23 bits per heavy atom. The number of methoxy groups -OCH3 is 1. The van der Waals surface area contributed by atoms with Crippen LogP contribution >= 0.6 is 12.2 Å². The molecule has 0 spiro atoms. The molecular weight excluding hydrogens is 188 g/mol. The van der Waals surface area contributed by atoms with E-state index in [-0.39, 0.29) is 4.90 Å². The van der Waals surface area contributed by atoms with E-state index in [0.717, 1.165) is 5.56 Å². The lowest BCUT2D eigenvalue weighted by molar-refractivity contribution is 0.185. The maximum atomic E-state index is 5.22. The van der Waals surface area contributed by atoms with E-state index >= 15 is 0 Å². The van der Waals surface area contributed by atoms with Crippen LogP contribution in [0.5, 0.6) is 0 Å². The van der Waals surface area contributed by atoms with Crippen LogP contribution in [0.1, 0.15) is 5.56 Å². The summed E-state index contributed by atoms with van der Waals surface area (Å²) in [4.78, 5) is 0.151. The molecule has 0 aliphatic carbocycles. The van der Waals surface area contributed by atoms with Crippen molar-refractivity contribution in [1.82, 2.24) is 0 Å². The second kappa shape index (κ2) is 3.32. The molecule has 0 unspecified atom stereocenters. The Labute approximate surface area is 79.9 Å². The highest BCUT2D eigenvalue weighted by molar-refractivity contribution is 7.71. The normalized spacial score (nSPS) is 10.8. The molecule has 2 rings (SSSR count). The predicted molar refractivity (Wildman–Crippen MR) is 50.0 cm³/mol. The highest BCUT2D eigenvalue weighted by Crippen LogP contribution is 2.21. The summed E-state index contributed by atoms with van der Waals surface area (Å²) in [6.45, 7) is 0.495. The lowest BCUT2D eigenvalue weighted by atomic mass is 10.2. The summed E-state index contributed by atoms with van der Waals surface area (Å²) in [6, 6.07) is 5.61. The van der Waals surface area contributed by atoms with E-state index in [4.69, 9.17) is 25.8 Å². The van der Waals surface area contributed by atoms with Gasteiger partial charge in [0.05, 0.1) is 6.61 Å². The number of para-hydroxylation sites is 1. The van der Waals surface area contributed by atoms with Crippen LogP contribution in [-0.4, -0.2) is 7.11 Å². The van der Waals surface area contributed by atoms with Crippen LogP contribution in [0.2, 0.25) is 0 Å². The van der Waals surface area contributed by atoms with Gasteiger partial charge in [-0.1, -0.05) is 12.1 Å². The molecule has 3 nitrogen and oxygen atoms in total. The summed E-state index contributed by atoms with van der Waals surface area (Å²) in [5, 5.41) is 0. The molecule has 0 amide bonds. The molecule has 1 aromatic heterocycles. The molecule has 0 aliphatic heterocycles. The first-order valence-corrected chi connectivity index (χ1v) is 4.22. The van der Waals surface area contributed by atoms with E-state index in [0.29, 0.717) is 17.8 Å². The summed E-state index contributed by atoms with van der Waals surface area (Å²) in [7, 11) is 1.63. The minimum Gasteiger partial charge on any atom is -0.413 e. The first kappa shape index (κ1) is 8.47. The molecule has 68 valence electrons. The fourth-order valence-corrected chi connectivity index (χ4v) is 1.39. The van der Waals surface area contributed by atoms with Crippen molar-refractivity contribution in [1.29, 1.82) is 0 Å². The maximum Gasteiger partial charge on any atom is 0.363 e. The summed E-state index contributed by atoms with van der Waals surface area (Å²) in [6.07, 6.45) is 0. The van der Waals surface area contributed by atoms with Crippen LogP contribution in [0.25, 0.3) is 11.2 Å². The molecule has 1 aromatic carbocycles. The van der Waals surface area contributed by atoms with Crippen molar-refractivity contribution in [2.24, 2.45) is 0 Å². The monoisotopic (exact) mass is 196 g/mol. The minimum absolute atomic E-state index is 0.151. The first-order valence-electron chi connectivity index (χ1n) is 3.82. The number of fused-ring (bicyclic) bond motifs is 1. The highest BCUT2D eigenvalue weighted by Gasteiger charge is 2.06. The van der Waals surface area contributed by atoms with Crippen molar-refractivity contribution < 1.29 is 13.6 Å². The number of hydrogen-bond acceptors (Lipinski definition) is 4. The Hall–Kier alpha value is -1.13. The van der Waals surface area contributed by atoms with Crippen molar-refractivity contribution in [3.05, 3.63) is 28.7 Å². The number of ether oxygens (including phenoxy) is 1. The molecule has 0 saturated carbocycles. The average Bonchev–Trinajstić information content (AvgIpc) is 2.47. The second-order valence-corrected chi connectivity index (χ2v) is 2.96. The smallest absolute Gasteiger partial charge is 0.363 e. The quantitative estimate of drug-likeness (QED) is 0.692. The Bertz CT molecular complexity index is 469. The van der Waals surface area contributed by atoms with E-state index in [1.165, 1.54) is 0 Å². The zero-order valence-electron chi connectivity index (χ0n) is 7.07. The van der Waals surface area contributed by atoms with Gasteiger partial charge >= 0.3 is 4.90 Å². The molecule has 0 aliphatic rings. The fourth-order valence-electron chi connectivity index (χ4n) is 1.22. The summed E-state index contributed by atoms with van der Waals surface area (Å²) in [5.41, 5.74) is 2.29. The van der Waals surface area contributed by atoms with Gasteiger partial charge in [0.25, 0.3) is 0 Å². The standard InChI is InChI=1S/C9H8O3S/c1-10-5-6-3-2-4-7-8(6)12-9(13)11-7/h2-4H,5H2,1H3. The predicted octanol–water partition coefficient (Wildman–Crippen LogP) is 2.90. The number of hydrogen-bond donors (Lipinski definition) is 0. The van der Waals surface area contributed by atoms with Crippen molar-refractivity contribution >= 4 is 23.4 Å². The SMILES string of the molecule is COCc1cccc2oc(=S)oc12. The lowest BCUT2D eigenvalue weighted by Gasteiger charge is -1.97. The Morgan fingerprint density at radius 3 is 3.00 bits per heavy atom. The van der Waals surface area contributed by atoms with Crippen LogP contribution in [0, 0.1) is 4.90 Å². The molecular formula is C9H8O3S. The molecule has 0 N–H and O–H groups in total. The van der Waals surface area contributed by atoms with E-state index in [2.05, 4.69) is 0 Å². The van der Waals surface area contributed by atoms with Crippen molar-refractivity contribution in [3.8, 4) is 0 Å². The van der Waals surface area contributed by atoms with Gasteiger partial charge in [0.15, 0.2) is 11.2 Å². The average molecular weight is 196 g/mol. The van der Waals surface area contributed by atoms with Crippen LogP contribution in [-0.2, 0) is 11.3 Å². The van der Waals surface area contributed by atoms with Gasteiger partial charge in [-0.3, -0.25) is 0 Å². The van der Waals surface area contributed by atoms with Crippen molar-refractivity contribution in [3.63, 3.8) is 0 Å². The Kier molecular flexibility index (Phi) is 2.16. The second-order valence-electron chi connectivity index (χ2n) is 2.63. The first-order chi connectivity index (χ1) is 6.31. The molecule has 0 fully saturated rings. The molecule has 1 heterocycles. The maximum absolute atomic E-state index is 5.22. The van der Waals surface area contributed by atoms with E-state index in [1.54, 1.807) is 7.11 Å². The molecule has 13 heavy (non-hydrogen) atoms. The third kappa shape index (κ3) is 1.50. The van der Waals surface area contributed by atoms with E-state index in [1.807, 2.05) is 18.2 Å². The van der Waals surface area contributed by atoms with Gasteiger partial charge < -0.3 is 13.6 Å². The van der Waals surface area contributed by atoms with Crippen molar-refractivity contribution in [2.45, 2.75) is 6.61 Å². The molecule has 4 heteroatoms. The zero-order chi connectivity index (χ0) is 9.26. The van der Waals surface area contributed by atoms with Crippen LogP contribution in [0.15, 0.2) is 27.0 Å². The largest absolute Gasteiger partial charge is 0.413 e. The summed E-state index contributed by atoms with van der Waals surface area (Å²) >= 11 is 4.78. The number of benzene rings is 1. The number of rotatable bonds is 2. The van der Waals surface area contributed by atoms with Gasteiger partial charge in [0.1, 0.15) is 0 Å². The van der Waals surface area contributed by atoms with Gasteiger partial charge in [-0.15, -0.1) is 0 Å². The van der Waals surface area contributed by atoms with Crippen LogP contribution in [0.4, 0.5) is 0 Å². The molecule has 0 bridgehead atoms. The zero-order valence-corrected chi connectivity index (χ0v) is 7.89. The van der Waals surface area contributed by atoms with Gasteiger partial charge in [-0.2, -0.15) is 0 Å². The fraction of sp³-hybridized carbons (Fsp3) is 0.222. The molecule has 0 saturated heterocycles. The minimum atomic E-state index is 0.151. The van der Waals surface area contributed by atoms with Crippen LogP contribution < -0.4 is 0 Å².